The number of amides is 2. The molecule has 0 spiro atoms. The zero-order valence-corrected chi connectivity index (χ0v) is 20.8. The van der Waals surface area contributed by atoms with Gasteiger partial charge in [0.2, 0.25) is 11.8 Å². The van der Waals surface area contributed by atoms with Crippen LogP contribution in [0.5, 0.6) is 0 Å². The van der Waals surface area contributed by atoms with Gasteiger partial charge < -0.3 is 10.2 Å². The van der Waals surface area contributed by atoms with Crippen molar-refractivity contribution in [2.75, 3.05) is 12.3 Å². The van der Waals surface area contributed by atoms with Crippen molar-refractivity contribution in [3.8, 4) is 0 Å². The summed E-state index contributed by atoms with van der Waals surface area (Å²) in [6.07, 6.45) is 1.90. The SMILES string of the molecule is CCCCNC(=O)[C@H](C)N(Cc1ccc(Cl)cc1)C(=O)CSCc1ccc(Cl)cc1Cl. The van der Waals surface area contributed by atoms with E-state index in [1.54, 1.807) is 36.1 Å². The topological polar surface area (TPSA) is 49.4 Å². The second-order valence-corrected chi connectivity index (χ2v) is 9.46. The first-order valence-corrected chi connectivity index (χ1v) is 12.4. The molecule has 8 heteroatoms. The van der Waals surface area contributed by atoms with Gasteiger partial charge in [-0.2, -0.15) is 0 Å². The summed E-state index contributed by atoms with van der Waals surface area (Å²) >= 11 is 19.6. The van der Waals surface area contributed by atoms with E-state index < -0.39 is 6.04 Å². The Hall–Kier alpha value is -1.40. The van der Waals surface area contributed by atoms with Gasteiger partial charge in [-0.25, -0.2) is 0 Å². The summed E-state index contributed by atoms with van der Waals surface area (Å²) < 4.78 is 0. The van der Waals surface area contributed by atoms with Crippen LogP contribution in [0.3, 0.4) is 0 Å². The number of carbonyl (C=O) groups is 2. The number of hydrogen-bond acceptors (Lipinski definition) is 3. The minimum absolute atomic E-state index is 0.108. The number of nitrogens with zero attached hydrogens (tertiary/aromatic N) is 1. The number of nitrogens with one attached hydrogen (secondary N) is 1. The Morgan fingerprint density at radius 3 is 2.39 bits per heavy atom. The van der Waals surface area contributed by atoms with Gasteiger partial charge in [0, 0.05) is 33.9 Å². The van der Waals surface area contributed by atoms with Gasteiger partial charge in [-0.3, -0.25) is 9.59 Å². The normalized spacial score (nSPS) is 11.8. The van der Waals surface area contributed by atoms with E-state index in [1.807, 2.05) is 18.2 Å². The van der Waals surface area contributed by atoms with Crippen LogP contribution in [0.15, 0.2) is 42.5 Å². The van der Waals surface area contributed by atoms with Gasteiger partial charge in [-0.15, -0.1) is 11.8 Å². The molecule has 0 aliphatic rings. The lowest BCUT2D eigenvalue weighted by Gasteiger charge is -2.29. The number of benzene rings is 2. The van der Waals surface area contributed by atoms with E-state index in [-0.39, 0.29) is 17.6 Å². The third-order valence-electron chi connectivity index (χ3n) is 4.76. The third kappa shape index (κ3) is 8.57. The molecule has 0 radical (unpaired) electrons. The van der Waals surface area contributed by atoms with Crippen LogP contribution in [0.25, 0.3) is 0 Å². The molecule has 2 aromatic carbocycles. The van der Waals surface area contributed by atoms with Crippen molar-refractivity contribution in [3.63, 3.8) is 0 Å². The minimum atomic E-state index is -0.584. The number of carbonyl (C=O) groups excluding carboxylic acids is 2. The first-order valence-electron chi connectivity index (χ1n) is 10.1. The van der Waals surface area contributed by atoms with Gasteiger partial charge in [-0.1, -0.05) is 66.3 Å². The summed E-state index contributed by atoms with van der Waals surface area (Å²) in [5, 5.41) is 4.70. The zero-order valence-electron chi connectivity index (χ0n) is 17.7. The van der Waals surface area contributed by atoms with Gasteiger partial charge in [0.05, 0.1) is 5.75 Å². The molecule has 2 rings (SSSR count). The second-order valence-electron chi connectivity index (χ2n) is 7.20. The van der Waals surface area contributed by atoms with Crippen LogP contribution in [0.2, 0.25) is 15.1 Å². The highest BCUT2D eigenvalue weighted by atomic mass is 35.5. The Balaban J connectivity index is 2.05. The smallest absolute Gasteiger partial charge is 0.242 e. The Morgan fingerprint density at radius 1 is 1.06 bits per heavy atom. The fourth-order valence-corrected chi connectivity index (χ4v) is 4.47. The van der Waals surface area contributed by atoms with Crippen molar-refractivity contribution < 1.29 is 9.59 Å². The van der Waals surface area contributed by atoms with Crippen molar-refractivity contribution in [2.45, 2.75) is 45.0 Å². The molecular weight excluding hydrogens is 475 g/mol. The maximum Gasteiger partial charge on any atom is 0.242 e. The van der Waals surface area contributed by atoms with Crippen LogP contribution in [-0.4, -0.2) is 35.1 Å². The highest BCUT2D eigenvalue weighted by Gasteiger charge is 2.25. The van der Waals surface area contributed by atoms with E-state index in [2.05, 4.69) is 12.2 Å². The molecule has 1 atom stereocenters. The molecule has 31 heavy (non-hydrogen) atoms. The molecule has 0 aliphatic carbocycles. The fraction of sp³-hybridized carbons (Fsp3) is 0.391. The van der Waals surface area contributed by atoms with Gasteiger partial charge in [0.15, 0.2) is 0 Å². The molecule has 0 saturated carbocycles. The average molecular weight is 502 g/mol. The molecule has 0 aliphatic heterocycles. The highest BCUT2D eigenvalue weighted by molar-refractivity contribution is 7.99. The Labute approximate surface area is 203 Å². The summed E-state index contributed by atoms with van der Waals surface area (Å²) in [4.78, 5) is 27.3. The summed E-state index contributed by atoms with van der Waals surface area (Å²) in [5.41, 5.74) is 1.83. The van der Waals surface area contributed by atoms with Crippen LogP contribution in [0.1, 0.15) is 37.8 Å². The summed E-state index contributed by atoms with van der Waals surface area (Å²) in [6, 6.07) is 12.0. The maximum absolute atomic E-state index is 13.1. The van der Waals surface area contributed by atoms with E-state index in [0.717, 1.165) is 24.0 Å². The predicted molar refractivity (Wildman–Crippen MR) is 132 cm³/mol. The summed E-state index contributed by atoms with van der Waals surface area (Å²) in [6.45, 7) is 4.76. The molecular formula is C23H27Cl3N2O2S. The van der Waals surface area contributed by atoms with Crippen LogP contribution < -0.4 is 5.32 Å². The van der Waals surface area contributed by atoms with Gasteiger partial charge in [0.1, 0.15) is 6.04 Å². The number of unbranched alkanes of at least 4 members (excludes halogenated alkanes) is 1. The van der Waals surface area contributed by atoms with E-state index in [0.29, 0.717) is 33.9 Å². The fourth-order valence-electron chi connectivity index (χ4n) is 2.88. The van der Waals surface area contributed by atoms with Crippen molar-refractivity contribution in [1.82, 2.24) is 10.2 Å². The monoisotopic (exact) mass is 500 g/mol. The van der Waals surface area contributed by atoms with Crippen molar-refractivity contribution in [1.29, 1.82) is 0 Å². The predicted octanol–water partition coefficient (Wildman–Crippen LogP) is 6.21. The lowest BCUT2D eigenvalue weighted by Crippen LogP contribution is -2.48. The molecule has 2 amide bonds. The Bertz CT molecular complexity index is 878. The van der Waals surface area contributed by atoms with Crippen molar-refractivity contribution in [2.24, 2.45) is 0 Å². The molecule has 0 heterocycles. The molecule has 0 fully saturated rings. The van der Waals surface area contributed by atoms with Gasteiger partial charge in [0.25, 0.3) is 0 Å². The molecule has 0 aromatic heterocycles. The largest absolute Gasteiger partial charge is 0.354 e. The van der Waals surface area contributed by atoms with Crippen LogP contribution in [0, 0.1) is 0 Å². The third-order valence-corrected chi connectivity index (χ3v) is 6.57. The lowest BCUT2D eigenvalue weighted by atomic mass is 10.1. The highest BCUT2D eigenvalue weighted by Crippen LogP contribution is 2.25. The molecule has 4 nitrogen and oxygen atoms in total. The van der Waals surface area contributed by atoms with Crippen LogP contribution in [-0.2, 0) is 21.9 Å². The molecule has 1 N–H and O–H groups in total. The molecule has 2 aromatic rings. The molecule has 0 unspecified atom stereocenters. The van der Waals surface area contributed by atoms with Crippen molar-refractivity contribution in [3.05, 3.63) is 68.7 Å². The quantitative estimate of drug-likeness (QED) is 0.372. The van der Waals surface area contributed by atoms with Crippen LogP contribution in [0.4, 0.5) is 0 Å². The number of rotatable bonds is 11. The zero-order chi connectivity index (χ0) is 22.8. The van der Waals surface area contributed by atoms with Crippen LogP contribution >= 0.6 is 46.6 Å². The standard InChI is InChI=1S/C23H27Cl3N2O2S/c1-3-4-11-27-23(30)16(2)28(13-17-5-8-19(24)9-6-17)22(29)15-31-14-18-7-10-20(25)12-21(18)26/h5-10,12,16H,3-4,11,13-15H2,1-2H3,(H,27,30)/t16-/m0/s1. The van der Waals surface area contributed by atoms with E-state index >= 15 is 0 Å². The summed E-state index contributed by atoms with van der Waals surface area (Å²) in [7, 11) is 0. The minimum Gasteiger partial charge on any atom is -0.354 e. The average Bonchev–Trinajstić information content (AvgIpc) is 2.74. The summed E-state index contributed by atoms with van der Waals surface area (Å²) in [5.74, 6) is 0.553. The van der Waals surface area contributed by atoms with E-state index in [9.17, 15) is 9.59 Å². The van der Waals surface area contributed by atoms with Gasteiger partial charge >= 0.3 is 0 Å². The van der Waals surface area contributed by atoms with Gasteiger partial charge in [-0.05, 0) is 48.7 Å². The first kappa shape index (κ1) is 25.9. The Kier molecular flexibility index (Phi) is 11.0. The first-order chi connectivity index (χ1) is 14.8. The molecule has 168 valence electrons. The van der Waals surface area contributed by atoms with Crippen molar-refractivity contribution >= 4 is 58.4 Å². The number of thioether (sulfide) groups is 1. The molecule has 0 bridgehead atoms. The number of halogens is 3. The van der Waals surface area contributed by atoms with E-state index in [1.165, 1.54) is 11.8 Å². The maximum atomic E-state index is 13.1. The second kappa shape index (κ2) is 13.2. The molecule has 0 saturated heterocycles. The number of hydrogen-bond donors (Lipinski definition) is 1. The lowest BCUT2D eigenvalue weighted by molar-refractivity contribution is -0.138. The Morgan fingerprint density at radius 2 is 1.74 bits per heavy atom. The van der Waals surface area contributed by atoms with E-state index in [4.69, 9.17) is 34.8 Å².